The van der Waals surface area contributed by atoms with Gasteiger partial charge in [0.25, 0.3) is 5.56 Å². The molecule has 1 aromatic heterocycles. The van der Waals surface area contributed by atoms with E-state index in [2.05, 4.69) is 44.6 Å². The molecule has 2 heterocycles. The van der Waals surface area contributed by atoms with Crippen LogP contribution in [0.25, 0.3) is 10.9 Å². The van der Waals surface area contributed by atoms with Crippen molar-refractivity contribution in [1.82, 2.24) is 19.4 Å². The van der Waals surface area contributed by atoms with Crippen molar-refractivity contribution in [3.8, 4) is 0 Å². The van der Waals surface area contributed by atoms with Crippen LogP contribution in [0.4, 0.5) is 0 Å². The van der Waals surface area contributed by atoms with Gasteiger partial charge in [0.2, 0.25) is 0 Å². The third-order valence-corrected chi connectivity index (χ3v) is 9.88. The molecular weight excluding hydrogens is 587 g/mol. The molecule has 0 radical (unpaired) electrons. The summed E-state index contributed by atoms with van der Waals surface area (Å²) in [5, 5.41) is 1.21. The molecule has 1 fully saturated rings. The zero-order valence-corrected chi connectivity index (χ0v) is 24.4. The number of sulfone groups is 1. The van der Waals surface area contributed by atoms with Gasteiger partial charge in [0.05, 0.1) is 39.4 Å². The molecule has 0 atom stereocenters. The Morgan fingerprint density at radius 2 is 1.78 bits per heavy atom. The van der Waals surface area contributed by atoms with E-state index in [-0.39, 0.29) is 22.8 Å². The fraction of sp³-hybridized carbons (Fsp3) is 0.440. The van der Waals surface area contributed by atoms with E-state index in [1.54, 1.807) is 19.1 Å². The van der Waals surface area contributed by atoms with Crippen LogP contribution in [0.5, 0.6) is 0 Å². The third-order valence-electron chi connectivity index (χ3n) is 6.70. The number of piperazine rings is 1. The number of aromatic nitrogens is 2. The first-order valence-corrected chi connectivity index (χ1v) is 15.1. The summed E-state index contributed by atoms with van der Waals surface area (Å²) in [5.74, 6) is -0.0512. The van der Waals surface area contributed by atoms with Gasteiger partial charge in [0.1, 0.15) is 0 Å². The number of hydrogen-bond donors (Lipinski definition) is 0. The molecule has 1 aliphatic rings. The second kappa shape index (κ2) is 11.1. The minimum absolute atomic E-state index is 0.0218. The normalized spacial score (nSPS) is 15.8. The van der Waals surface area contributed by atoms with E-state index in [0.29, 0.717) is 39.1 Å². The molecule has 7 nitrogen and oxygen atoms in total. The number of hydrogen-bond acceptors (Lipinski definition) is 6. The monoisotopic (exact) mass is 614 g/mol. The minimum Gasteiger partial charge on any atom is -0.298 e. The largest absolute Gasteiger partial charge is 0.298 e. The van der Waals surface area contributed by atoms with Crippen LogP contribution in [0.2, 0.25) is 10.0 Å². The minimum atomic E-state index is -3.49. The van der Waals surface area contributed by atoms with E-state index in [1.165, 1.54) is 23.0 Å². The first-order valence-electron chi connectivity index (χ1n) is 11.9. The van der Waals surface area contributed by atoms with Crippen molar-refractivity contribution in [1.29, 1.82) is 0 Å². The second-order valence-electron chi connectivity index (χ2n) is 9.29. The quantitative estimate of drug-likeness (QED) is 0.379. The van der Waals surface area contributed by atoms with E-state index in [0.717, 1.165) is 36.2 Å². The average molecular weight is 616 g/mol. The molecule has 0 bridgehead atoms. The van der Waals surface area contributed by atoms with Crippen molar-refractivity contribution in [2.75, 3.05) is 31.9 Å². The molecule has 36 heavy (non-hydrogen) atoms. The van der Waals surface area contributed by atoms with Crippen LogP contribution in [0.3, 0.4) is 0 Å². The fourth-order valence-electron chi connectivity index (χ4n) is 4.51. The molecular formula is C25H29BrCl2N4O3S. The Bertz CT molecular complexity index is 1450. The van der Waals surface area contributed by atoms with Crippen LogP contribution in [-0.4, -0.2) is 65.7 Å². The molecule has 0 saturated carbocycles. The van der Waals surface area contributed by atoms with Crippen molar-refractivity contribution < 1.29 is 8.42 Å². The van der Waals surface area contributed by atoms with Crippen LogP contribution in [0.15, 0.2) is 44.8 Å². The number of benzene rings is 2. The molecule has 0 spiro atoms. The van der Waals surface area contributed by atoms with Crippen molar-refractivity contribution in [3.63, 3.8) is 0 Å². The first kappa shape index (κ1) is 27.5. The summed E-state index contributed by atoms with van der Waals surface area (Å²) < 4.78 is 27.3. The average Bonchev–Trinajstić information content (AvgIpc) is 2.84. The van der Waals surface area contributed by atoms with Gasteiger partial charge in [0.15, 0.2) is 9.84 Å². The Morgan fingerprint density at radius 1 is 1.08 bits per heavy atom. The van der Waals surface area contributed by atoms with E-state index in [4.69, 9.17) is 23.2 Å². The van der Waals surface area contributed by atoms with Crippen molar-refractivity contribution in [2.24, 2.45) is 0 Å². The van der Waals surface area contributed by atoms with Crippen LogP contribution >= 0.6 is 39.1 Å². The SMILES string of the molecule is CCS(=O)(=O)c1ccc(Cl)cc1Cn1cnc2c(Cl)c(CN3CCN(C(C)C)CC3)c(Br)cc2c1=O. The Labute approximate surface area is 230 Å². The smallest absolute Gasteiger partial charge is 0.261 e. The van der Waals surface area contributed by atoms with E-state index < -0.39 is 9.84 Å². The number of halogens is 3. The van der Waals surface area contributed by atoms with E-state index >= 15 is 0 Å². The predicted molar refractivity (Wildman–Crippen MR) is 149 cm³/mol. The standard InChI is InChI=1S/C25H29BrCl2N4O3S/c1-4-36(34,35)22-6-5-18(27)11-17(22)13-32-15-29-24-19(25(32)33)12-21(26)20(23(24)28)14-30-7-9-31(10-8-30)16(2)3/h5-6,11-12,15-16H,4,7-10,13-14H2,1-3H3. The molecule has 0 N–H and O–H groups in total. The lowest BCUT2D eigenvalue weighted by molar-refractivity contribution is 0.104. The van der Waals surface area contributed by atoms with E-state index in [1.807, 2.05) is 0 Å². The summed E-state index contributed by atoms with van der Waals surface area (Å²) in [6, 6.07) is 6.88. The Hall–Kier alpha value is -1.49. The van der Waals surface area contributed by atoms with Gasteiger partial charge < -0.3 is 0 Å². The number of nitrogens with zero attached hydrogens (tertiary/aromatic N) is 4. The molecule has 11 heteroatoms. The highest BCUT2D eigenvalue weighted by Crippen LogP contribution is 2.32. The summed E-state index contributed by atoms with van der Waals surface area (Å²) in [5.41, 5.74) is 1.47. The van der Waals surface area contributed by atoms with Crippen LogP contribution in [0, 0.1) is 0 Å². The summed E-state index contributed by atoms with van der Waals surface area (Å²) in [7, 11) is -3.49. The topological polar surface area (TPSA) is 75.5 Å². The van der Waals surface area contributed by atoms with E-state index in [9.17, 15) is 13.2 Å². The molecule has 0 amide bonds. The summed E-state index contributed by atoms with van der Waals surface area (Å²) in [6.45, 7) is 10.6. The summed E-state index contributed by atoms with van der Waals surface area (Å²) in [6.07, 6.45) is 1.42. The molecule has 194 valence electrons. The molecule has 0 unspecified atom stereocenters. The summed E-state index contributed by atoms with van der Waals surface area (Å²) >= 11 is 16.5. The molecule has 0 aliphatic carbocycles. The van der Waals surface area contributed by atoms with Gasteiger partial charge in [-0.3, -0.25) is 19.2 Å². The van der Waals surface area contributed by atoms with Crippen LogP contribution in [-0.2, 0) is 22.9 Å². The van der Waals surface area contributed by atoms with Gasteiger partial charge in [-0.15, -0.1) is 0 Å². The highest BCUT2D eigenvalue weighted by molar-refractivity contribution is 9.10. The third kappa shape index (κ3) is 5.66. The first-order chi connectivity index (χ1) is 17.0. The highest BCUT2D eigenvalue weighted by Gasteiger charge is 2.23. The molecule has 4 rings (SSSR count). The Morgan fingerprint density at radius 3 is 2.42 bits per heavy atom. The molecule has 3 aromatic rings. The molecule has 2 aromatic carbocycles. The zero-order valence-electron chi connectivity index (χ0n) is 20.5. The van der Waals surface area contributed by atoms with Gasteiger partial charge in [0, 0.05) is 53.8 Å². The maximum atomic E-state index is 13.4. The van der Waals surface area contributed by atoms with Crippen molar-refractivity contribution in [3.05, 3.63) is 66.6 Å². The van der Waals surface area contributed by atoms with Crippen molar-refractivity contribution in [2.45, 2.75) is 44.8 Å². The van der Waals surface area contributed by atoms with Gasteiger partial charge in [-0.05, 0) is 43.7 Å². The highest BCUT2D eigenvalue weighted by atomic mass is 79.9. The van der Waals surface area contributed by atoms with Crippen LogP contribution in [0.1, 0.15) is 31.9 Å². The zero-order chi connectivity index (χ0) is 26.2. The number of fused-ring (bicyclic) bond motifs is 1. The van der Waals surface area contributed by atoms with Gasteiger partial charge in [-0.2, -0.15) is 0 Å². The maximum Gasteiger partial charge on any atom is 0.261 e. The molecule has 1 aliphatic heterocycles. The second-order valence-corrected chi connectivity index (χ2v) is 13.2. The predicted octanol–water partition coefficient (Wildman–Crippen LogP) is 4.83. The molecule has 1 saturated heterocycles. The van der Waals surface area contributed by atoms with Gasteiger partial charge in [-0.1, -0.05) is 46.1 Å². The summed E-state index contributed by atoms with van der Waals surface area (Å²) in [4.78, 5) is 22.9. The Kier molecular flexibility index (Phi) is 8.49. The lowest BCUT2D eigenvalue weighted by Gasteiger charge is -2.37. The Balaban J connectivity index is 1.67. The van der Waals surface area contributed by atoms with Crippen molar-refractivity contribution >= 4 is 59.9 Å². The van der Waals surface area contributed by atoms with Gasteiger partial charge >= 0.3 is 0 Å². The lowest BCUT2D eigenvalue weighted by atomic mass is 10.1. The fourth-order valence-corrected chi connectivity index (χ4v) is 6.79. The van der Waals surface area contributed by atoms with Crippen LogP contribution < -0.4 is 5.56 Å². The lowest BCUT2D eigenvalue weighted by Crippen LogP contribution is -2.48. The maximum absolute atomic E-state index is 13.4. The number of rotatable bonds is 7. The van der Waals surface area contributed by atoms with Gasteiger partial charge in [-0.25, -0.2) is 13.4 Å².